The molecule has 0 radical (unpaired) electrons. The van der Waals surface area contributed by atoms with Gasteiger partial charge in [0.2, 0.25) is 0 Å². The van der Waals surface area contributed by atoms with E-state index in [2.05, 4.69) is 10.1 Å². The SMILES string of the molecule is CN(C)CCN(Cc1ccc(-c2ccc(C(F)(F)F)cc2)cc1)C(C=O)n1cc(Cc2cnn(C)c2)c(=O)nc1SCc1ccc(F)cc1. The van der Waals surface area contributed by atoms with E-state index in [0.717, 1.165) is 40.7 Å². The molecule has 256 valence electrons. The van der Waals surface area contributed by atoms with Crippen molar-refractivity contribution in [3.63, 3.8) is 0 Å². The van der Waals surface area contributed by atoms with Gasteiger partial charge in [-0.1, -0.05) is 60.3 Å². The molecule has 49 heavy (non-hydrogen) atoms. The molecule has 2 heterocycles. The van der Waals surface area contributed by atoms with Crippen molar-refractivity contribution >= 4 is 18.0 Å². The minimum Gasteiger partial charge on any atom is -0.308 e. The van der Waals surface area contributed by atoms with Crippen molar-refractivity contribution in [2.45, 2.75) is 36.2 Å². The number of carbonyl (C=O) groups is 1. The smallest absolute Gasteiger partial charge is 0.308 e. The van der Waals surface area contributed by atoms with Gasteiger partial charge in [0.1, 0.15) is 12.0 Å². The Labute approximate surface area is 286 Å². The first-order valence-corrected chi connectivity index (χ1v) is 16.5. The summed E-state index contributed by atoms with van der Waals surface area (Å²) in [7, 11) is 5.66. The van der Waals surface area contributed by atoms with Crippen LogP contribution in [0.25, 0.3) is 11.1 Å². The molecule has 0 N–H and O–H groups in total. The Kier molecular flexibility index (Phi) is 11.5. The molecule has 0 aliphatic carbocycles. The summed E-state index contributed by atoms with van der Waals surface area (Å²) >= 11 is 1.28. The second-order valence-corrected chi connectivity index (χ2v) is 12.9. The summed E-state index contributed by atoms with van der Waals surface area (Å²) < 4.78 is 56.1. The maximum atomic E-state index is 13.5. The molecule has 0 saturated carbocycles. The lowest BCUT2D eigenvalue weighted by Gasteiger charge is -2.32. The molecule has 5 aromatic rings. The number of rotatable bonds is 14. The minimum absolute atomic E-state index is 0.275. The average molecular weight is 693 g/mol. The molecule has 8 nitrogen and oxygen atoms in total. The Morgan fingerprint density at radius 3 is 2.08 bits per heavy atom. The lowest BCUT2D eigenvalue weighted by molar-refractivity contribution is -0.137. The van der Waals surface area contributed by atoms with E-state index in [1.807, 2.05) is 54.4 Å². The minimum atomic E-state index is -4.41. The summed E-state index contributed by atoms with van der Waals surface area (Å²) in [5, 5.41) is 4.54. The zero-order valence-electron chi connectivity index (χ0n) is 27.3. The van der Waals surface area contributed by atoms with Crippen LogP contribution < -0.4 is 5.56 Å². The Bertz CT molecular complexity index is 1910. The van der Waals surface area contributed by atoms with Crippen LogP contribution in [0, 0.1) is 5.82 Å². The molecule has 0 amide bonds. The first-order valence-electron chi connectivity index (χ1n) is 15.5. The molecular weight excluding hydrogens is 656 g/mol. The lowest BCUT2D eigenvalue weighted by Crippen LogP contribution is -2.39. The Hall–Kier alpha value is -4.59. The molecule has 0 spiro atoms. The van der Waals surface area contributed by atoms with Crippen LogP contribution in [0.1, 0.15) is 34.0 Å². The standard InChI is InChI=1S/C36H36F4N6O2S/c1-43(2)16-17-45(21-25-4-8-28(9-5-25)29-10-12-31(13-11-29)36(38,39)40)33(23-47)46-22-30(18-27-19-41-44(3)20-27)34(48)42-35(46)49-24-26-6-14-32(37)15-7-26/h4-15,19-20,22-23,33H,16-18,21,24H2,1-3H3. The second-order valence-electron chi connectivity index (χ2n) is 12.0. The van der Waals surface area contributed by atoms with Gasteiger partial charge in [-0.2, -0.15) is 23.3 Å². The van der Waals surface area contributed by atoms with Gasteiger partial charge in [0.25, 0.3) is 5.56 Å². The fraction of sp³-hybridized carbons (Fsp3) is 0.278. The molecule has 13 heteroatoms. The van der Waals surface area contributed by atoms with E-state index in [0.29, 0.717) is 41.7 Å². The van der Waals surface area contributed by atoms with Gasteiger partial charge in [-0.05, 0) is 66.2 Å². The van der Waals surface area contributed by atoms with Crippen LogP contribution in [0.15, 0.2) is 101 Å². The van der Waals surface area contributed by atoms with Crippen LogP contribution in [0.4, 0.5) is 17.6 Å². The molecule has 0 saturated heterocycles. The zero-order chi connectivity index (χ0) is 35.1. The lowest BCUT2D eigenvalue weighted by atomic mass is 10.0. The van der Waals surface area contributed by atoms with Crippen molar-refractivity contribution in [2.24, 2.45) is 7.05 Å². The summed E-state index contributed by atoms with van der Waals surface area (Å²) in [5.41, 5.74) is 3.22. The van der Waals surface area contributed by atoms with Crippen LogP contribution in [0.5, 0.6) is 0 Å². The van der Waals surface area contributed by atoms with Crippen molar-refractivity contribution in [1.29, 1.82) is 0 Å². The number of aromatic nitrogens is 4. The van der Waals surface area contributed by atoms with Crippen molar-refractivity contribution in [1.82, 2.24) is 29.1 Å². The molecule has 5 rings (SSSR count). The number of hydrogen-bond donors (Lipinski definition) is 0. The van der Waals surface area contributed by atoms with Gasteiger partial charge >= 0.3 is 6.18 Å². The van der Waals surface area contributed by atoms with E-state index >= 15 is 0 Å². The summed E-state index contributed by atoms with van der Waals surface area (Å²) in [6, 6.07) is 18.5. The van der Waals surface area contributed by atoms with Gasteiger partial charge in [0.05, 0.1) is 11.8 Å². The molecule has 0 aliphatic heterocycles. The van der Waals surface area contributed by atoms with Crippen LogP contribution in [0.2, 0.25) is 0 Å². The van der Waals surface area contributed by atoms with Crippen LogP contribution in [-0.4, -0.2) is 62.6 Å². The molecule has 1 atom stereocenters. The second kappa shape index (κ2) is 15.7. The number of hydrogen-bond acceptors (Lipinski definition) is 7. The third-order valence-electron chi connectivity index (χ3n) is 7.92. The zero-order valence-corrected chi connectivity index (χ0v) is 28.1. The van der Waals surface area contributed by atoms with E-state index in [9.17, 15) is 27.2 Å². The van der Waals surface area contributed by atoms with Crippen LogP contribution >= 0.6 is 11.8 Å². The normalized spacial score (nSPS) is 12.5. The summed E-state index contributed by atoms with van der Waals surface area (Å²) in [4.78, 5) is 34.7. The monoisotopic (exact) mass is 692 g/mol. The van der Waals surface area contributed by atoms with Crippen molar-refractivity contribution in [3.8, 4) is 11.1 Å². The van der Waals surface area contributed by atoms with Gasteiger partial charge in [-0.15, -0.1) is 0 Å². The Balaban J connectivity index is 1.47. The van der Waals surface area contributed by atoms with Crippen molar-refractivity contribution in [2.75, 3.05) is 27.2 Å². The third-order valence-corrected chi connectivity index (χ3v) is 8.96. The number of thioether (sulfide) groups is 1. The quantitative estimate of drug-likeness (QED) is 0.0574. The Morgan fingerprint density at radius 2 is 1.51 bits per heavy atom. The molecular formula is C36H36F4N6O2S. The topological polar surface area (TPSA) is 76.3 Å². The predicted octanol–water partition coefficient (Wildman–Crippen LogP) is 6.45. The molecule has 0 aliphatic rings. The van der Waals surface area contributed by atoms with Crippen molar-refractivity contribution < 1.29 is 22.4 Å². The predicted molar refractivity (Wildman–Crippen MR) is 181 cm³/mol. The van der Waals surface area contributed by atoms with Crippen molar-refractivity contribution in [3.05, 3.63) is 135 Å². The molecule has 0 bridgehead atoms. The summed E-state index contributed by atoms with van der Waals surface area (Å²) in [5.74, 6) is 0.0390. The number of benzene rings is 3. The maximum absolute atomic E-state index is 13.5. The highest BCUT2D eigenvalue weighted by Gasteiger charge is 2.30. The maximum Gasteiger partial charge on any atom is 0.416 e. The Morgan fingerprint density at radius 1 is 0.878 bits per heavy atom. The highest BCUT2D eigenvalue weighted by molar-refractivity contribution is 7.98. The number of halogens is 4. The van der Waals surface area contributed by atoms with E-state index in [1.54, 1.807) is 40.8 Å². The highest BCUT2D eigenvalue weighted by Crippen LogP contribution is 2.31. The molecule has 1 unspecified atom stereocenters. The van der Waals surface area contributed by atoms with E-state index in [1.165, 1.54) is 36.0 Å². The third kappa shape index (κ3) is 9.52. The number of alkyl halides is 3. The fourth-order valence-corrected chi connectivity index (χ4v) is 6.22. The number of nitrogens with zero attached hydrogens (tertiary/aromatic N) is 6. The van der Waals surface area contributed by atoms with Gasteiger partial charge in [0, 0.05) is 56.8 Å². The summed E-state index contributed by atoms with van der Waals surface area (Å²) in [6.07, 6.45) is 1.03. The number of aryl methyl sites for hydroxylation is 1. The number of carbonyl (C=O) groups excluding carboxylic acids is 1. The van der Waals surface area contributed by atoms with Crippen LogP contribution in [0.3, 0.4) is 0 Å². The fourth-order valence-electron chi connectivity index (χ4n) is 5.27. The largest absolute Gasteiger partial charge is 0.416 e. The number of aldehydes is 1. The van der Waals surface area contributed by atoms with E-state index in [4.69, 9.17) is 0 Å². The van der Waals surface area contributed by atoms with E-state index in [-0.39, 0.29) is 12.2 Å². The molecule has 0 fully saturated rings. The summed E-state index contributed by atoms with van der Waals surface area (Å²) in [6.45, 7) is 1.47. The molecule has 3 aromatic carbocycles. The van der Waals surface area contributed by atoms with Crippen LogP contribution in [-0.2, 0) is 36.7 Å². The van der Waals surface area contributed by atoms with Gasteiger partial charge in [-0.25, -0.2) is 4.39 Å². The first-order chi connectivity index (χ1) is 23.4. The van der Waals surface area contributed by atoms with E-state index < -0.39 is 23.5 Å². The highest BCUT2D eigenvalue weighted by atomic mass is 32.2. The van der Waals surface area contributed by atoms with Gasteiger partial charge in [0.15, 0.2) is 11.4 Å². The van der Waals surface area contributed by atoms with Gasteiger partial charge in [-0.3, -0.25) is 19.2 Å². The van der Waals surface area contributed by atoms with Gasteiger partial charge < -0.3 is 9.47 Å². The first kappa shape index (κ1) is 35.7. The average Bonchev–Trinajstić information content (AvgIpc) is 3.49. The molecule has 2 aromatic heterocycles. The number of likely N-dealkylation sites (N-methyl/N-ethyl adjacent to an activating group) is 1.